The highest BCUT2D eigenvalue weighted by Crippen LogP contribution is 2.31. The average Bonchev–Trinajstić information content (AvgIpc) is 3.05. The van der Waals surface area contributed by atoms with Crippen LogP contribution in [0.3, 0.4) is 0 Å². The summed E-state index contributed by atoms with van der Waals surface area (Å²) in [7, 11) is 0. The van der Waals surface area contributed by atoms with Gasteiger partial charge in [-0.25, -0.2) is 14.8 Å². The number of nitrogens with one attached hydrogen (secondary N) is 2. The number of aromatic amines is 1. The minimum atomic E-state index is -0.887. The zero-order valence-electron chi connectivity index (χ0n) is 13.9. The molecule has 1 aliphatic heterocycles. The van der Waals surface area contributed by atoms with Gasteiger partial charge in [-0.15, -0.1) is 0 Å². The summed E-state index contributed by atoms with van der Waals surface area (Å²) >= 11 is 6.23. The van der Waals surface area contributed by atoms with Gasteiger partial charge in [-0.05, 0) is 42.7 Å². The molecule has 3 N–H and O–H groups in total. The van der Waals surface area contributed by atoms with Gasteiger partial charge in [-0.1, -0.05) is 11.6 Å². The molecule has 0 aromatic carbocycles. The van der Waals surface area contributed by atoms with Crippen LogP contribution in [-0.4, -0.2) is 50.2 Å². The number of rotatable bonds is 3. The molecule has 0 spiro atoms. The number of hydrogen-bond acceptors (Lipinski definition) is 4. The van der Waals surface area contributed by atoms with Gasteiger partial charge in [0.25, 0.3) is 0 Å². The van der Waals surface area contributed by atoms with Crippen LogP contribution < -0.4 is 5.32 Å². The molecule has 7 nitrogen and oxygen atoms in total. The largest absolute Gasteiger partial charge is 0.465 e. The molecule has 0 saturated carbocycles. The molecule has 0 bridgehead atoms. The zero-order valence-corrected chi connectivity index (χ0v) is 14.7. The molecule has 1 aliphatic rings. The Kier molecular flexibility index (Phi) is 4.38. The Morgan fingerprint density at radius 3 is 3.15 bits per heavy atom. The normalized spacial score (nSPS) is 17.4. The van der Waals surface area contributed by atoms with E-state index in [-0.39, 0.29) is 6.04 Å². The van der Waals surface area contributed by atoms with E-state index in [0.29, 0.717) is 24.1 Å². The summed E-state index contributed by atoms with van der Waals surface area (Å²) in [4.78, 5) is 24.4. The van der Waals surface area contributed by atoms with Crippen LogP contribution in [0.5, 0.6) is 0 Å². The maximum Gasteiger partial charge on any atom is 0.407 e. The molecule has 0 aliphatic carbocycles. The first-order valence-electron chi connectivity index (χ1n) is 8.44. The Morgan fingerprint density at radius 1 is 1.42 bits per heavy atom. The Morgan fingerprint density at radius 2 is 2.31 bits per heavy atom. The van der Waals surface area contributed by atoms with Crippen molar-refractivity contribution in [3.63, 3.8) is 0 Å². The maximum atomic E-state index is 11.2. The fourth-order valence-corrected chi connectivity index (χ4v) is 3.61. The van der Waals surface area contributed by atoms with Crippen molar-refractivity contribution in [3.05, 3.63) is 41.8 Å². The number of nitrogens with zero attached hydrogens (tertiary/aromatic N) is 3. The van der Waals surface area contributed by atoms with Crippen molar-refractivity contribution in [2.75, 3.05) is 18.4 Å². The van der Waals surface area contributed by atoms with Crippen molar-refractivity contribution in [1.29, 1.82) is 0 Å². The number of H-pyrrole nitrogens is 1. The zero-order chi connectivity index (χ0) is 18.1. The van der Waals surface area contributed by atoms with Crippen molar-refractivity contribution in [2.45, 2.75) is 18.9 Å². The molecule has 1 amide bonds. The number of aromatic nitrogens is 3. The lowest BCUT2D eigenvalue weighted by Crippen LogP contribution is -2.44. The summed E-state index contributed by atoms with van der Waals surface area (Å²) in [6.45, 7) is 1.01. The number of halogens is 1. The first-order valence-corrected chi connectivity index (χ1v) is 8.82. The monoisotopic (exact) mass is 371 g/mol. The number of amides is 1. The molecule has 1 fully saturated rings. The lowest BCUT2D eigenvalue weighted by Gasteiger charge is -2.31. The molecule has 1 saturated heterocycles. The van der Waals surface area contributed by atoms with Gasteiger partial charge in [0.1, 0.15) is 16.6 Å². The predicted octanol–water partition coefficient (Wildman–Crippen LogP) is 3.83. The second-order valence-electron chi connectivity index (χ2n) is 6.38. The van der Waals surface area contributed by atoms with Gasteiger partial charge >= 0.3 is 6.09 Å². The number of piperidine rings is 1. The number of pyridine rings is 2. The molecule has 3 aromatic rings. The summed E-state index contributed by atoms with van der Waals surface area (Å²) in [6, 6.07) is 7.66. The number of hydrogen-bond donors (Lipinski definition) is 3. The molecular weight excluding hydrogens is 354 g/mol. The van der Waals surface area contributed by atoms with Crippen LogP contribution in [0.15, 0.2) is 36.7 Å². The van der Waals surface area contributed by atoms with Gasteiger partial charge in [0.15, 0.2) is 0 Å². The molecule has 0 radical (unpaired) electrons. The first-order chi connectivity index (χ1) is 12.6. The van der Waals surface area contributed by atoms with Crippen LogP contribution in [0.1, 0.15) is 12.8 Å². The van der Waals surface area contributed by atoms with Gasteiger partial charge in [0.2, 0.25) is 0 Å². The highest BCUT2D eigenvalue weighted by Gasteiger charge is 2.23. The van der Waals surface area contributed by atoms with Crippen molar-refractivity contribution in [3.8, 4) is 11.1 Å². The van der Waals surface area contributed by atoms with Crippen molar-refractivity contribution in [1.82, 2.24) is 19.9 Å². The van der Waals surface area contributed by atoms with E-state index in [4.69, 9.17) is 11.6 Å². The summed E-state index contributed by atoms with van der Waals surface area (Å²) in [5, 5.41) is 13.9. The fraction of sp³-hybridized carbons (Fsp3) is 0.278. The number of carbonyl (C=O) groups is 1. The van der Waals surface area contributed by atoms with E-state index in [1.807, 2.05) is 30.5 Å². The second kappa shape index (κ2) is 6.84. The lowest BCUT2D eigenvalue weighted by atomic mass is 10.1. The van der Waals surface area contributed by atoms with Crippen LogP contribution in [0.4, 0.5) is 10.6 Å². The minimum Gasteiger partial charge on any atom is -0.465 e. The van der Waals surface area contributed by atoms with Crippen molar-refractivity contribution >= 4 is 34.5 Å². The highest BCUT2D eigenvalue weighted by atomic mass is 35.5. The molecule has 4 heterocycles. The molecule has 8 heteroatoms. The summed E-state index contributed by atoms with van der Waals surface area (Å²) in [5.74, 6) is 0.642. The van der Waals surface area contributed by atoms with Crippen LogP contribution in [0.25, 0.3) is 22.2 Å². The third-order valence-corrected chi connectivity index (χ3v) is 4.79. The third kappa shape index (κ3) is 3.30. The van der Waals surface area contributed by atoms with E-state index >= 15 is 0 Å². The highest BCUT2D eigenvalue weighted by molar-refractivity contribution is 6.29. The fourth-order valence-electron chi connectivity index (χ4n) is 3.40. The van der Waals surface area contributed by atoms with E-state index in [0.717, 1.165) is 35.0 Å². The summed E-state index contributed by atoms with van der Waals surface area (Å²) in [5.41, 5.74) is 2.74. The van der Waals surface area contributed by atoms with Crippen molar-refractivity contribution in [2.24, 2.45) is 0 Å². The van der Waals surface area contributed by atoms with Gasteiger partial charge in [-0.2, -0.15) is 0 Å². The van der Waals surface area contributed by atoms with Crippen LogP contribution in [-0.2, 0) is 0 Å². The number of anilines is 1. The predicted molar refractivity (Wildman–Crippen MR) is 101 cm³/mol. The van der Waals surface area contributed by atoms with E-state index < -0.39 is 6.09 Å². The van der Waals surface area contributed by atoms with E-state index in [1.165, 1.54) is 4.90 Å². The SMILES string of the molecule is O=C(O)N1CCCC(Nc2cc(-c3c[nH]c4ncccc34)cc(Cl)n2)C1. The maximum absolute atomic E-state index is 11.2. The van der Waals surface area contributed by atoms with Gasteiger partial charge in [0.05, 0.1) is 0 Å². The molecule has 1 unspecified atom stereocenters. The topological polar surface area (TPSA) is 94.1 Å². The van der Waals surface area contributed by atoms with E-state index in [9.17, 15) is 9.90 Å². The second-order valence-corrected chi connectivity index (χ2v) is 6.77. The molecule has 3 aromatic heterocycles. The first kappa shape index (κ1) is 16.7. The Balaban J connectivity index is 1.61. The number of fused-ring (bicyclic) bond motifs is 1. The van der Waals surface area contributed by atoms with Crippen LogP contribution in [0.2, 0.25) is 5.15 Å². The van der Waals surface area contributed by atoms with Gasteiger partial charge in [-0.3, -0.25) is 0 Å². The molecule has 4 rings (SSSR count). The third-order valence-electron chi connectivity index (χ3n) is 4.60. The van der Waals surface area contributed by atoms with Crippen LogP contribution >= 0.6 is 11.6 Å². The standard InChI is InChI=1S/C18H18ClN5O2/c19-15-7-11(14-9-21-17-13(14)4-1-5-20-17)8-16(23-15)22-12-3-2-6-24(10-12)18(25)26/h1,4-5,7-9,12H,2-3,6,10H2,(H,20,21)(H,22,23)(H,25,26). The molecule has 26 heavy (non-hydrogen) atoms. The molecule has 134 valence electrons. The van der Waals surface area contributed by atoms with Gasteiger partial charge in [0, 0.05) is 42.5 Å². The smallest absolute Gasteiger partial charge is 0.407 e. The van der Waals surface area contributed by atoms with Crippen molar-refractivity contribution < 1.29 is 9.90 Å². The average molecular weight is 372 g/mol. The minimum absolute atomic E-state index is 0.0169. The number of likely N-dealkylation sites (tertiary alicyclic amines) is 1. The van der Waals surface area contributed by atoms with E-state index in [2.05, 4.69) is 20.3 Å². The quantitative estimate of drug-likeness (QED) is 0.608. The van der Waals surface area contributed by atoms with E-state index in [1.54, 1.807) is 6.20 Å². The Hall–Kier alpha value is -2.80. The lowest BCUT2D eigenvalue weighted by molar-refractivity contribution is 0.133. The van der Waals surface area contributed by atoms with Gasteiger partial charge < -0.3 is 20.3 Å². The Labute approximate surface area is 155 Å². The Bertz CT molecular complexity index is 958. The molecule has 1 atom stereocenters. The number of carboxylic acid groups (broad SMARTS) is 1. The van der Waals surface area contributed by atoms with Crippen LogP contribution in [0, 0.1) is 0 Å². The molecular formula is C18H18ClN5O2. The summed E-state index contributed by atoms with van der Waals surface area (Å²) in [6.07, 6.45) is 4.48. The summed E-state index contributed by atoms with van der Waals surface area (Å²) < 4.78 is 0.